The second-order valence-electron chi connectivity index (χ2n) is 2.31. The summed E-state index contributed by atoms with van der Waals surface area (Å²) in [6.07, 6.45) is 0.489. The van der Waals surface area contributed by atoms with E-state index in [0.717, 1.165) is 0 Å². The Labute approximate surface area is 77.5 Å². The third kappa shape index (κ3) is 2.30. The molecule has 66 valence electrons. The van der Waals surface area contributed by atoms with Gasteiger partial charge in [-0.1, -0.05) is 0 Å². The first-order chi connectivity index (χ1) is 5.59. The first-order valence-corrected chi connectivity index (χ1v) is 4.16. The second kappa shape index (κ2) is 3.66. The van der Waals surface area contributed by atoms with Crippen LogP contribution in [0.2, 0.25) is 0 Å². The average Bonchev–Trinajstić information content (AvgIpc) is 2.26. The maximum absolute atomic E-state index is 10.2. The van der Waals surface area contributed by atoms with Crippen LogP contribution in [-0.2, 0) is 18.3 Å². The highest BCUT2D eigenvalue weighted by Gasteiger charge is 2.06. The van der Waals surface area contributed by atoms with Gasteiger partial charge < -0.3 is 5.11 Å². The van der Waals surface area contributed by atoms with Crippen LogP contribution in [-0.4, -0.2) is 25.8 Å². The lowest BCUT2D eigenvalue weighted by molar-refractivity contribution is -0.137. The molecule has 5 nitrogen and oxygen atoms in total. The molecule has 0 aromatic carbocycles. The maximum Gasteiger partial charge on any atom is 0.303 e. The quantitative estimate of drug-likeness (QED) is 0.831. The molecule has 0 saturated carbocycles. The van der Waals surface area contributed by atoms with Gasteiger partial charge in [0.2, 0.25) is 4.73 Å². The van der Waals surface area contributed by atoms with Gasteiger partial charge in [0.1, 0.15) is 5.82 Å². The van der Waals surface area contributed by atoms with Crippen LogP contribution < -0.4 is 0 Å². The van der Waals surface area contributed by atoms with Crippen molar-refractivity contribution in [2.75, 3.05) is 0 Å². The topological polar surface area (TPSA) is 68.0 Å². The molecule has 0 spiro atoms. The Kier molecular flexibility index (Phi) is 2.80. The molecule has 1 rings (SSSR count). The zero-order valence-corrected chi connectivity index (χ0v) is 8.08. The van der Waals surface area contributed by atoms with Crippen molar-refractivity contribution in [2.45, 2.75) is 12.8 Å². The first kappa shape index (κ1) is 9.18. The first-order valence-electron chi connectivity index (χ1n) is 3.37. The van der Waals surface area contributed by atoms with Gasteiger partial charge in [0.05, 0.1) is 6.42 Å². The van der Waals surface area contributed by atoms with Crippen LogP contribution in [0.15, 0.2) is 4.73 Å². The summed E-state index contributed by atoms with van der Waals surface area (Å²) in [5, 5.41) is 12.3. The van der Waals surface area contributed by atoms with Crippen LogP contribution in [0.25, 0.3) is 0 Å². The van der Waals surface area contributed by atoms with Crippen molar-refractivity contribution in [1.29, 1.82) is 0 Å². The molecule has 0 unspecified atom stereocenters. The fraction of sp³-hybridized carbons (Fsp3) is 0.500. The summed E-state index contributed by atoms with van der Waals surface area (Å²) in [5.41, 5.74) is 0. The SMILES string of the molecule is Cn1nc(Br)nc1CCC(=O)O. The number of aromatic nitrogens is 3. The van der Waals surface area contributed by atoms with E-state index < -0.39 is 5.97 Å². The summed E-state index contributed by atoms with van der Waals surface area (Å²) < 4.78 is 2.05. The number of rotatable bonds is 3. The van der Waals surface area contributed by atoms with Crippen LogP contribution in [0.5, 0.6) is 0 Å². The summed E-state index contributed by atoms with van der Waals surface area (Å²) in [4.78, 5) is 14.2. The van der Waals surface area contributed by atoms with Gasteiger partial charge in [0.25, 0.3) is 0 Å². The minimum absolute atomic E-state index is 0.0823. The van der Waals surface area contributed by atoms with Crippen LogP contribution >= 0.6 is 15.9 Å². The number of aliphatic carboxylic acids is 1. The monoisotopic (exact) mass is 233 g/mol. The number of carbonyl (C=O) groups is 1. The molecule has 12 heavy (non-hydrogen) atoms. The Morgan fingerprint density at radius 1 is 1.75 bits per heavy atom. The van der Waals surface area contributed by atoms with Gasteiger partial charge in [0.15, 0.2) is 0 Å². The smallest absolute Gasteiger partial charge is 0.303 e. The van der Waals surface area contributed by atoms with E-state index in [1.54, 1.807) is 11.7 Å². The number of carboxylic acid groups (broad SMARTS) is 1. The molecule has 1 heterocycles. The predicted molar refractivity (Wildman–Crippen MR) is 44.7 cm³/mol. The van der Waals surface area contributed by atoms with Gasteiger partial charge >= 0.3 is 5.97 Å². The van der Waals surface area contributed by atoms with Gasteiger partial charge in [-0.2, -0.15) is 0 Å². The summed E-state index contributed by atoms with van der Waals surface area (Å²) in [5.74, 6) is -0.154. The fourth-order valence-corrected chi connectivity index (χ4v) is 1.26. The molecule has 0 atom stereocenters. The van der Waals surface area contributed by atoms with Gasteiger partial charge in [-0.25, -0.2) is 4.98 Å². The van der Waals surface area contributed by atoms with E-state index in [0.29, 0.717) is 17.0 Å². The van der Waals surface area contributed by atoms with Crippen molar-refractivity contribution in [1.82, 2.24) is 14.8 Å². The van der Waals surface area contributed by atoms with E-state index in [9.17, 15) is 4.79 Å². The summed E-state index contributed by atoms with van der Waals surface area (Å²) in [6.45, 7) is 0. The van der Waals surface area contributed by atoms with Crippen LogP contribution in [0.4, 0.5) is 0 Å². The Bertz CT molecular complexity index is 297. The lowest BCUT2D eigenvalue weighted by Gasteiger charge is -1.95. The third-order valence-electron chi connectivity index (χ3n) is 1.39. The van der Waals surface area contributed by atoms with E-state index in [2.05, 4.69) is 26.0 Å². The van der Waals surface area contributed by atoms with Crippen molar-refractivity contribution < 1.29 is 9.90 Å². The number of hydrogen-bond acceptors (Lipinski definition) is 3. The van der Waals surface area contributed by atoms with Gasteiger partial charge in [-0.15, -0.1) is 5.10 Å². The Morgan fingerprint density at radius 3 is 2.83 bits per heavy atom. The highest BCUT2D eigenvalue weighted by molar-refractivity contribution is 9.10. The van der Waals surface area contributed by atoms with Gasteiger partial charge in [-0.05, 0) is 15.9 Å². The Hall–Kier alpha value is -0.910. The summed E-state index contributed by atoms with van der Waals surface area (Å²) in [7, 11) is 1.73. The molecule has 0 fully saturated rings. The van der Waals surface area contributed by atoms with E-state index in [4.69, 9.17) is 5.11 Å². The fourth-order valence-electron chi connectivity index (χ4n) is 0.819. The molecule has 0 saturated heterocycles. The normalized spacial score (nSPS) is 10.2. The third-order valence-corrected chi connectivity index (χ3v) is 1.73. The van der Waals surface area contributed by atoms with Crippen molar-refractivity contribution in [2.24, 2.45) is 7.05 Å². The standard InChI is InChI=1S/C6H8BrN3O2/c1-10-4(2-3-5(11)12)8-6(7)9-10/h2-3H2,1H3,(H,11,12). The van der Waals surface area contributed by atoms with E-state index in [-0.39, 0.29) is 6.42 Å². The lowest BCUT2D eigenvalue weighted by atomic mass is 10.3. The van der Waals surface area contributed by atoms with Crippen LogP contribution in [0, 0.1) is 0 Å². The molecule has 6 heteroatoms. The van der Waals surface area contributed by atoms with Crippen molar-refractivity contribution >= 4 is 21.9 Å². The number of halogens is 1. The largest absolute Gasteiger partial charge is 0.481 e. The second-order valence-corrected chi connectivity index (χ2v) is 3.02. The molecule has 0 amide bonds. The molecule has 0 aliphatic rings. The molecular weight excluding hydrogens is 226 g/mol. The summed E-state index contributed by atoms with van der Waals surface area (Å²) >= 11 is 3.10. The van der Waals surface area contributed by atoms with Crippen molar-refractivity contribution in [3.63, 3.8) is 0 Å². The molecule has 1 aromatic heterocycles. The van der Waals surface area contributed by atoms with E-state index in [1.165, 1.54) is 0 Å². The molecule has 1 aromatic rings. The van der Waals surface area contributed by atoms with Crippen molar-refractivity contribution in [3.8, 4) is 0 Å². The lowest BCUT2D eigenvalue weighted by Crippen LogP contribution is -2.03. The highest BCUT2D eigenvalue weighted by Crippen LogP contribution is 2.05. The van der Waals surface area contributed by atoms with E-state index in [1.807, 2.05) is 0 Å². The Morgan fingerprint density at radius 2 is 2.42 bits per heavy atom. The minimum atomic E-state index is -0.825. The highest BCUT2D eigenvalue weighted by atomic mass is 79.9. The number of hydrogen-bond donors (Lipinski definition) is 1. The number of nitrogens with zero attached hydrogens (tertiary/aromatic N) is 3. The van der Waals surface area contributed by atoms with Gasteiger partial charge in [0, 0.05) is 13.5 Å². The minimum Gasteiger partial charge on any atom is -0.481 e. The van der Waals surface area contributed by atoms with Gasteiger partial charge in [-0.3, -0.25) is 9.48 Å². The number of aryl methyl sites for hydroxylation is 2. The van der Waals surface area contributed by atoms with Crippen LogP contribution in [0.3, 0.4) is 0 Å². The zero-order chi connectivity index (χ0) is 9.14. The predicted octanol–water partition coefficient (Wildman–Crippen LogP) is 0.595. The van der Waals surface area contributed by atoms with Crippen molar-refractivity contribution in [3.05, 3.63) is 10.6 Å². The Balaban J connectivity index is 2.62. The maximum atomic E-state index is 10.2. The number of carboxylic acids is 1. The molecule has 1 N–H and O–H groups in total. The molecule has 0 radical (unpaired) electrons. The average molecular weight is 234 g/mol. The van der Waals surface area contributed by atoms with E-state index >= 15 is 0 Å². The molecule has 0 aliphatic heterocycles. The summed E-state index contributed by atoms with van der Waals surface area (Å²) in [6, 6.07) is 0. The molecule has 0 bridgehead atoms. The molecule has 0 aliphatic carbocycles. The molecular formula is C6H8BrN3O2. The zero-order valence-electron chi connectivity index (χ0n) is 6.49. The van der Waals surface area contributed by atoms with Crippen LogP contribution in [0.1, 0.15) is 12.2 Å².